The number of hydrogen-bond donors (Lipinski definition) is 1. The van der Waals surface area contributed by atoms with E-state index >= 15 is 0 Å². The van der Waals surface area contributed by atoms with Gasteiger partial charge >= 0.3 is 169 Å². The van der Waals surface area contributed by atoms with E-state index in [1.807, 2.05) is 0 Å². The Bertz CT molecular complexity index is 567. The summed E-state index contributed by atoms with van der Waals surface area (Å²) in [6.45, 7) is 6.80. The molecule has 0 fully saturated rings. The second kappa shape index (κ2) is 13.3. The third kappa shape index (κ3) is 8.34. The predicted octanol–water partition coefficient (Wildman–Crippen LogP) is 7.03. The molecule has 0 amide bonds. The van der Waals surface area contributed by atoms with Gasteiger partial charge in [0.25, 0.3) is 0 Å². The molecule has 0 radical (unpaired) electrons. The molecular formula is C22H37NO3Sn. The van der Waals surface area contributed by atoms with Crippen molar-refractivity contribution in [2.45, 2.75) is 83.1 Å². The number of aliphatic hydroxyl groups is 1. The second-order valence-corrected chi connectivity index (χ2v) is 21.7. The Morgan fingerprint density at radius 1 is 1.04 bits per heavy atom. The second-order valence-electron chi connectivity index (χ2n) is 7.70. The number of benzene rings is 1. The number of nitro groups is 1. The van der Waals surface area contributed by atoms with Crippen LogP contribution in [0.1, 0.15) is 71.0 Å². The van der Waals surface area contributed by atoms with Gasteiger partial charge in [-0.05, 0) is 0 Å². The molecule has 0 heterocycles. The molecule has 0 saturated carbocycles. The SMILES string of the molecule is CCC[CH2][Sn]([CH2]C=CC(O)c1ccccc1[N+](=O)[O-])([CH2]CCC)[CH2]CCC. The summed E-state index contributed by atoms with van der Waals surface area (Å²) in [6, 6.07) is 6.49. The molecule has 27 heavy (non-hydrogen) atoms. The first kappa shape index (κ1) is 24.2. The maximum atomic E-state index is 11.2. The Balaban J connectivity index is 2.92. The molecule has 0 spiro atoms. The Kier molecular flexibility index (Phi) is 11.9. The molecule has 0 aliphatic carbocycles. The molecule has 0 bridgehead atoms. The summed E-state index contributed by atoms with van der Waals surface area (Å²) < 4.78 is 5.43. The average Bonchev–Trinajstić information content (AvgIpc) is 2.68. The van der Waals surface area contributed by atoms with Crippen LogP contribution in [-0.4, -0.2) is 28.4 Å². The van der Waals surface area contributed by atoms with Crippen molar-refractivity contribution >= 4 is 24.1 Å². The first-order chi connectivity index (χ1) is 13.0. The van der Waals surface area contributed by atoms with E-state index in [9.17, 15) is 15.2 Å². The summed E-state index contributed by atoms with van der Waals surface area (Å²) in [6.07, 6.45) is 10.8. The molecule has 1 aromatic carbocycles. The third-order valence-electron chi connectivity index (χ3n) is 5.50. The zero-order valence-electron chi connectivity index (χ0n) is 17.3. The molecule has 0 aliphatic rings. The summed E-state index contributed by atoms with van der Waals surface area (Å²) in [7, 11) is 0. The van der Waals surface area contributed by atoms with E-state index in [0.717, 1.165) is 4.44 Å². The number of unbranched alkanes of at least 4 members (excludes halogenated alkanes) is 3. The van der Waals surface area contributed by atoms with Gasteiger partial charge < -0.3 is 0 Å². The zero-order chi connectivity index (χ0) is 20.1. The van der Waals surface area contributed by atoms with Gasteiger partial charge in [-0.1, -0.05) is 0 Å². The quantitative estimate of drug-likeness (QED) is 0.134. The number of aliphatic hydroxyl groups excluding tert-OH is 1. The molecule has 1 N–H and O–H groups in total. The van der Waals surface area contributed by atoms with Crippen LogP contribution in [0.5, 0.6) is 0 Å². The molecule has 0 aromatic heterocycles. The number of rotatable bonds is 14. The summed E-state index contributed by atoms with van der Waals surface area (Å²) in [5.41, 5.74) is 0.377. The predicted molar refractivity (Wildman–Crippen MR) is 117 cm³/mol. The van der Waals surface area contributed by atoms with E-state index in [2.05, 4.69) is 26.8 Å². The van der Waals surface area contributed by atoms with Crippen molar-refractivity contribution in [3.05, 3.63) is 52.1 Å². The average molecular weight is 482 g/mol. The van der Waals surface area contributed by atoms with Crippen LogP contribution in [0.15, 0.2) is 36.4 Å². The van der Waals surface area contributed by atoms with Gasteiger partial charge in [-0.3, -0.25) is 0 Å². The van der Waals surface area contributed by atoms with Crippen molar-refractivity contribution in [1.82, 2.24) is 0 Å². The molecule has 1 unspecified atom stereocenters. The fourth-order valence-electron chi connectivity index (χ4n) is 3.79. The normalized spacial score (nSPS) is 13.2. The third-order valence-corrected chi connectivity index (χ3v) is 20.8. The minimum atomic E-state index is -2.26. The van der Waals surface area contributed by atoms with Crippen LogP contribution in [0.25, 0.3) is 0 Å². The zero-order valence-corrected chi connectivity index (χ0v) is 20.2. The van der Waals surface area contributed by atoms with Crippen molar-refractivity contribution in [3.8, 4) is 0 Å². The number of nitrogens with zero attached hydrogens (tertiary/aromatic N) is 1. The van der Waals surface area contributed by atoms with Crippen LogP contribution >= 0.6 is 0 Å². The van der Waals surface area contributed by atoms with Crippen molar-refractivity contribution in [2.75, 3.05) is 0 Å². The van der Waals surface area contributed by atoms with E-state index in [1.165, 1.54) is 57.9 Å². The van der Waals surface area contributed by atoms with Crippen molar-refractivity contribution in [3.63, 3.8) is 0 Å². The Morgan fingerprint density at radius 3 is 2.04 bits per heavy atom. The molecule has 1 rings (SSSR count). The summed E-state index contributed by atoms with van der Waals surface area (Å²) >= 11 is -2.26. The Labute approximate surface area is 169 Å². The molecule has 0 saturated heterocycles. The van der Waals surface area contributed by atoms with Gasteiger partial charge in [-0.15, -0.1) is 0 Å². The fraction of sp³-hybridized carbons (Fsp3) is 0.636. The van der Waals surface area contributed by atoms with Crippen LogP contribution in [0.3, 0.4) is 0 Å². The van der Waals surface area contributed by atoms with Gasteiger partial charge in [0.05, 0.1) is 0 Å². The van der Waals surface area contributed by atoms with E-state index < -0.39 is 29.4 Å². The monoisotopic (exact) mass is 483 g/mol. The summed E-state index contributed by atoms with van der Waals surface area (Å²) in [5, 5.41) is 21.7. The van der Waals surface area contributed by atoms with Gasteiger partial charge in [-0.25, -0.2) is 0 Å². The minimum absolute atomic E-state index is 0.00706. The van der Waals surface area contributed by atoms with Crippen LogP contribution in [-0.2, 0) is 0 Å². The molecule has 1 aromatic rings. The summed E-state index contributed by atoms with van der Waals surface area (Å²) in [4.78, 5) is 10.8. The molecule has 0 aliphatic heterocycles. The first-order valence-electron chi connectivity index (χ1n) is 10.6. The first-order valence-corrected chi connectivity index (χ1v) is 18.6. The van der Waals surface area contributed by atoms with Gasteiger partial charge in [0.1, 0.15) is 0 Å². The van der Waals surface area contributed by atoms with E-state index in [0.29, 0.717) is 5.56 Å². The van der Waals surface area contributed by atoms with E-state index in [1.54, 1.807) is 24.3 Å². The molecule has 152 valence electrons. The van der Waals surface area contributed by atoms with Gasteiger partial charge in [0, 0.05) is 0 Å². The van der Waals surface area contributed by atoms with Crippen LogP contribution in [0.2, 0.25) is 17.7 Å². The van der Waals surface area contributed by atoms with Gasteiger partial charge in [0.2, 0.25) is 0 Å². The van der Waals surface area contributed by atoms with E-state index in [-0.39, 0.29) is 5.69 Å². The van der Waals surface area contributed by atoms with Crippen LogP contribution < -0.4 is 0 Å². The number of allylic oxidation sites excluding steroid dienone is 1. The standard InChI is InChI=1S/C10H10NO3.3C4H9.Sn/c1-2-5-10(12)8-6-3-4-7-9(8)11(13)14;3*1-3-4-2;/h2-7,10,12H,1H2;3*1,3-4H2,2H3;. The fourth-order valence-corrected chi connectivity index (χ4v) is 18.9. The van der Waals surface area contributed by atoms with E-state index in [4.69, 9.17) is 0 Å². The number of hydrogen-bond acceptors (Lipinski definition) is 3. The molecule has 4 nitrogen and oxygen atoms in total. The molecule has 1 atom stereocenters. The van der Waals surface area contributed by atoms with Crippen molar-refractivity contribution in [2.24, 2.45) is 0 Å². The van der Waals surface area contributed by atoms with Gasteiger partial charge in [0.15, 0.2) is 0 Å². The maximum absolute atomic E-state index is 11.2. The van der Waals surface area contributed by atoms with Crippen LogP contribution in [0, 0.1) is 10.1 Å². The Morgan fingerprint density at radius 2 is 1.56 bits per heavy atom. The topological polar surface area (TPSA) is 63.4 Å². The van der Waals surface area contributed by atoms with Gasteiger partial charge in [-0.2, -0.15) is 0 Å². The van der Waals surface area contributed by atoms with Crippen molar-refractivity contribution in [1.29, 1.82) is 0 Å². The molecule has 5 heteroatoms. The van der Waals surface area contributed by atoms with Crippen LogP contribution in [0.4, 0.5) is 5.69 Å². The van der Waals surface area contributed by atoms with Crippen molar-refractivity contribution < 1.29 is 10.0 Å². The Hall–Kier alpha value is -0.881. The molecular weight excluding hydrogens is 445 g/mol. The number of nitro benzene ring substituents is 1. The number of para-hydroxylation sites is 1. The summed E-state index contributed by atoms with van der Waals surface area (Å²) in [5.74, 6) is 0.